The Kier molecular flexibility index (Phi) is 7.73. The number of methoxy groups -OCH3 is 1. The predicted octanol–water partition coefficient (Wildman–Crippen LogP) is 3.16. The van der Waals surface area contributed by atoms with Crippen molar-refractivity contribution in [1.82, 2.24) is 9.21 Å². The van der Waals surface area contributed by atoms with Crippen LogP contribution in [0.4, 0.5) is 0 Å². The van der Waals surface area contributed by atoms with Crippen LogP contribution in [-0.4, -0.2) is 68.8 Å². The first kappa shape index (κ1) is 25.1. The number of hydrogen-bond donors (Lipinski definition) is 1. The van der Waals surface area contributed by atoms with Gasteiger partial charge in [0.05, 0.1) is 16.5 Å². The molecule has 0 unspecified atom stereocenters. The van der Waals surface area contributed by atoms with Crippen LogP contribution in [0, 0.1) is 0 Å². The second-order valence-electron chi connectivity index (χ2n) is 7.71. The van der Waals surface area contributed by atoms with Crippen molar-refractivity contribution < 1.29 is 27.9 Å². The van der Waals surface area contributed by atoms with Gasteiger partial charge in [0.1, 0.15) is 5.76 Å². The van der Waals surface area contributed by atoms with E-state index in [2.05, 4.69) is 15.9 Å². The number of halogens is 1. The average Bonchev–Trinajstić information content (AvgIpc) is 3.03. The maximum atomic E-state index is 13.0. The molecular weight excluding hydrogens is 512 g/mol. The molecule has 1 amide bonds. The zero-order chi connectivity index (χ0) is 24.3. The number of rotatable bonds is 8. The summed E-state index contributed by atoms with van der Waals surface area (Å²) in [5, 5.41) is 11.1. The number of Topliss-reactive ketones (excluding diaryl/α,β-unsaturated/α-hetero) is 1. The summed E-state index contributed by atoms with van der Waals surface area (Å²) < 4.78 is 31.6. The van der Waals surface area contributed by atoms with Crippen molar-refractivity contribution in [2.24, 2.45) is 0 Å². The first-order valence-electron chi connectivity index (χ1n) is 10.2. The molecule has 0 aromatic heterocycles. The summed E-state index contributed by atoms with van der Waals surface area (Å²) in [6, 6.07) is 11.9. The lowest BCUT2D eigenvalue weighted by atomic mass is 9.95. The smallest absolute Gasteiger partial charge is 0.295 e. The monoisotopic (exact) mass is 536 g/mol. The SMILES string of the molecule is COCCCN1C(=O)C(=O)/C(=C(/O)c2ccc(S(=O)(=O)N(C)C)cc2)[C@@H]1c1cccc(Br)c1. The quantitative estimate of drug-likeness (QED) is 0.240. The molecule has 1 aliphatic rings. The third-order valence-corrected chi connectivity index (χ3v) is 7.68. The molecule has 0 saturated carbocycles. The molecule has 1 atom stereocenters. The molecule has 10 heteroatoms. The first-order chi connectivity index (χ1) is 15.6. The molecule has 2 aromatic rings. The summed E-state index contributed by atoms with van der Waals surface area (Å²) in [6.45, 7) is 0.683. The highest BCUT2D eigenvalue weighted by molar-refractivity contribution is 9.10. The minimum atomic E-state index is -3.65. The number of ether oxygens (including phenoxy) is 1. The summed E-state index contributed by atoms with van der Waals surface area (Å²) in [5.74, 6) is -1.86. The molecule has 176 valence electrons. The van der Waals surface area contributed by atoms with Gasteiger partial charge in [-0.15, -0.1) is 0 Å². The van der Waals surface area contributed by atoms with Crippen molar-refractivity contribution in [1.29, 1.82) is 0 Å². The summed E-state index contributed by atoms with van der Waals surface area (Å²) in [6.07, 6.45) is 0.519. The molecule has 8 nitrogen and oxygen atoms in total. The fraction of sp³-hybridized carbons (Fsp3) is 0.304. The lowest BCUT2D eigenvalue weighted by molar-refractivity contribution is -0.140. The second kappa shape index (κ2) is 10.2. The van der Waals surface area contributed by atoms with E-state index in [1.165, 1.54) is 43.3 Å². The topological polar surface area (TPSA) is 104 Å². The summed E-state index contributed by atoms with van der Waals surface area (Å²) in [4.78, 5) is 27.3. The highest BCUT2D eigenvalue weighted by Crippen LogP contribution is 2.40. The molecule has 1 N–H and O–H groups in total. The molecular formula is C23H25BrN2O6S. The standard InChI is InChI=1S/C23H25BrN2O6S/c1-25(2)33(30,31)18-10-8-15(9-11-18)21(27)19-20(16-6-4-7-17(24)14-16)26(12-5-13-32-3)23(29)22(19)28/h4,6-11,14,20,27H,5,12-13H2,1-3H3/b21-19+/t20-/m0/s1. The number of likely N-dealkylation sites (tertiary alicyclic amines) is 1. The van der Waals surface area contributed by atoms with Crippen LogP contribution in [0.3, 0.4) is 0 Å². The van der Waals surface area contributed by atoms with Crippen LogP contribution in [0.5, 0.6) is 0 Å². The normalized spacial score (nSPS) is 18.3. The van der Waals surface area contributed by atoms with Crippen LogP contribution < -0.4 is 0 Å². The number of sulfonamides is 1. The van der Waals surface area contributed by atoms with Gasteiger partial charge < -0.3 is 14.7 Å². The van der Waals surface area contributed by atoms with Gasteiger partial charge in [-0.3, -0.25) is 9.59 Å². The summed E-state index contributed by atoms with van der Waals surface area (Å²) >= 11 is 3.42. The molecule has 2 aromatic carbocycles. The minimum Gasteiger partial charge on any atom is -0.507 e. The number of ketones is 1. The Hall–Kier alpha value is -2.53. The molecule has 1 heterocycles. The van der Waals surface area contributed by atoms with Gasteiger partial charge in [0, 0.05) is 44.4 Å². The molecule has 0 spiro atoms. The van der Waals surface area contributed by atoms with Gasteiger partial charge in [0.25, 0.3) is 11.7 Å². The number of nitrogens with zero attached hydrogens (tertiary/aromatic N) is 2. The van der Waals surface area contributed by atoms with E-state index in [0.29, 0.717) is 18.6 Å². The maximum Gasteiger partial charge on any atom is 0.295 e. The molecule has 0 aliphatic carbocycles. The van der Waals surface area contributed by atoms with Crippen LogP contribution in [0.25, 0.3) is 5.76 Å². The number of carbonyl (C=O) groups excluding carboxylic acids is 2. The van der Waals surface area contributed by atoms with Gasteiger partial charge in [-0.25, -0.2) is 12.7 Å². The van der Waals surface area contributed by atoms with Crippen molar-refractivity contribution in [3.63, 3.8) is 0 Å². The van der Waals surface area contributed by atoms with Crippen molar-refractivity contribution in [2.45, 2.75) is 17.4 Å². The van der Waals surface area contributed by atoms with E-state index < -0.39 is 27.8 Å². The molecule has 0 radical (unpaired) electrons. The second-order valence-corrected chi connectivity index (χ2v) is 10.8. The van der Waals surface area contributed by atoms with E-state index in [1.54, 1.807) is 25.3 Å². The Labute approximate surface area is 201 Å². The Morgan fingerprint density at radius 2 is 1.82 bits per heavy atom. The van der Waals surface area contributed by atoms with Gasteiger partial charge in [-0.05, 0) is 48.4 Å². The largest absolute Gasteiger partial charge is 0.507 e. The number of aliphatic hydroxyl groups is 1. The lowest BCUT2D eigenvalue weighted by Gasteiger charge is -2.25. The third-order valence-electron chi connectivity index (χ3n) is 5.36. The molecule has 1 aliphatic heterocycles. The minimum absolute atomic E-state index is 0.0428. The third kappa shape index (κ3) is 5.03. The molecule has 1 saturated heterocycles. The van der Waals surface area contributed by atoms with Crippen LogP contribution >= 0.6 is 15.9 Å². The van der Waals surface area contributed by atoms with E-state index in [1.807, 2.05) is 6.07 Å². The Morgan fingerprint density at radius 1 is 1.15 bits per heavy atom. The number of benzene rings is 2. The zero-order valence-electron chi connectivity index (χ0n) is 18.5. The fourth-order valence-corrected chi connectivity index (χ4v) is 4.98. The van der Waals surface area contributed by atoms with E-state index in [9.17, 15) is 23.1 Å². The van der Waals surface area contributed by atoms with Gasteiger partial charge in [0.15, 0.2) is 0 Å². The zero-order valence-corrected chi connectivity index (χ0v) is 20.9. The van der Waals surface area contributed by atoms with Crippen molar-refractivity contribution in [2.75, 3.05) is 34.4 Å². The van der Waals surface area contributed by atoms with E-state index in [-0.39, 0.29) is 28.3 Å². The van der Waals surface area contributed by atoms with Gasteiger partial charge in [-0.2, -0.15) is 0 Å². The van der Waals surface area contributed by atoms with Crippen molar-refractivity contribution in [3.05, 3.63) is 69.7 Å². The van der Waals surface area contributed by atoms with Gasteiger partial charge in [0.2, 0.25) is 10.0 Å². The Bertz CT molecular complexity index is 1190. The molecule has 1 fully saturated rings. The number of hydrogen-bond acceptors (Lipinski definition) is 6. The van der Waals surface area contributed by atoms with Crippen LogP contribution in [0.15, 0.2) is 63.5 Å². The fourth-order valence-electron chi connectivity index (χ4n) is 3.66. The van der Waals surface area contributed by atoms with Crippen LogP contribution in [0.2, 0.25) is 0 Å². The van der Waals surface area contributed by atoms with Crippen LogP contribution in [-0.2, 0) is 24.3 Å². The molecule has 3 rings (SSSR count). The lowest BCUT2D eigenvalue weighted by Crippen LogP contribution is -2.31. The molecule has 0 bridgehead atoms. The maximum absolute atomic E-state index is 13.0. The summed E-state index contributed by atoms with van der Waals surface area (Å²) in [5.41, 5.74) is 0.857. The molecule has 33 heavy (non-hydrogen) atoms. The highest BCUT2D eigenvalue weighted by atomic mass is 79.9. The number of carbonyl (C=O) groups is 2. The Balaban J connectivity index is 2.10. The predicted molar refractivity (Wildman–Crippen MR) is 127 cm³/mol. The number of amides is 1. The van der Waals surface area contributed by atoms with Crippen LogP contribution in [0.1, 0.15) is 23.6 Å². The van der Waals surface area contributed by atoms with E-state index in [4.69, 9.17) is 4.74 Å². The number of aliphatic hydroxyl groups excluding tert-OH is 1. The van der Waals surface area contributed by atoms with Crippen molar-refractivity contribution in [3.8, 4) is 0 Å². The van der Waals surface area contributed by atoms with Gasteiger partial charge in [-0.1, -0.05) is 28.1 Å². The highest BCUT2D eigenvalue weighted by Gasteiger charge is 2.45. The Morgan fingerprint density at radius 3 is 2.39 bits per heavy atom. The summed E-state index contributed by atoms with van der Waals surface area (Å²) in [7, 11) is 0.753. The van der Waals surface area contributed by atoms with Gasteiger partial charge >= 0.3 is 0 Å². The van der Waals surface area contributed by atoms with E-state index >= 15 is 0 Å². The van der Waals surface area contributed by atoms with E-state index in [0.717, 1.165) is 8.78 Å². The van der Waals surface area contributed by atoms with Crippen molar-refractivity contribution >= 4 is 43.4 Å². The average molecular weight is 537 g/mol. The first-order valence-corrected chi connectivity index (χ1v) is 12.4.